The molecule has 0 N–H and O–H groups in total. The number of likely N-dealkylation sites (tertiary alicyclic amines) is 1. The highest BCUT2D eigenvalue weighted by molar-refractivity contribution is 5.85. The van der Waals surface area contributed by atoms with E-state index in [-0.39, 0.29) is 11.6 Å². The average Bonchev–Trinajstić information content (AvgIpc) is 3.35. The summed E-state index contributed by atoms with van der Waals surface area (Å²) < 4.78 is 8.13. The lowest BCUT2D eigenvalue weighted by atomic mass is 9.68. The van der Waals surface area contributed by atoms with Crippen LogP contribution in [0.5, 0.6) is 0 Å². The van der Waals surface area contributed by atoms with Crippen LogP contribution in [0.3, 0.4) is 0 Å². The summed E-state index contributed by atoms with van der Waals surface area (Å²) >= 11 is 0. The molecule has 2 aliphatic heterocycles. The summed E-state index contributed by atoms with van der Waals surface area (Å²) in [4.78, 5) is 17.8. The fourth-order valence-electron chi connectivity index (χ4n) is 5.82. The zero-order chi connectivity index (χ0) is 22.7. The molecule has 3 heterocycles. The molecule has 6 nitrogen and oxygen atoms in total. The van der Waals surface area contributed by atoms with Crippen LogP contribution in [0.15, 0.2) is 6.20 Å². The van der Waals surface area contributed by atoms with Gasteiger partial charge < -0.3 is 14.5 Å². The van der Waals surface area contributed by atoms with Gasteiger partial charge in [0.05, 0.1) is 11.1 Å². The van der Waals surface area contributed by atoms with Gasteiger partial charge in [-0.3, -0.25) is 4.79 Å². The Bertz CT molecular complexity index is 760. The Balaban J connectivity index is 1.45. The second-order valence-corrected chi connectivity index (χ2v) is 11.0. The Morgan fingerprint density at radius 2 is 2.00 bits per heavy atom. The first-order valence-corrected chi connectivity index (χ1v) is 13.1. The zero-order valence-corrected chi connectivity index (χ0v) is 20.8. The Kier molecular flexibility index (Phi) is 7.61. The summed E-state index contributed by atoms with van der Waals surface area (Å²) in [5.41, 5.74) is 2.51. The van der Waals surface area contributed by atoms with Gasteiger partial charge in [0.1, 0.15) is 6.23 Å². The van der Waals surface area contributed by atoms with Crippen LogP contribution < -0.4 is 0 Å². The van der Waals surface area contributed by atoms with Crippen LogP contribution in [0.25, 0.3) is 0 Å². The number of ether oxygens (including phenoxy) is 1. The molecule has 1 unspecified atom stereocenters. The van der Waals surface area contributed by atoms with Gasteiger partial charge >= 0.3 is 0 Å². The lowest BCUT2D eigenvalue weighted by molar-refractivity contribution is -0.137. The molecular weight excluding hydrogens is 400 g/mol. The van der Waals surface area contributed by atoms with Gasteiger partial charge in [-0.05, 0) is 77.3 Å². The Hall–Kier alpha value is -1.40. The summed E-state index contributed by atoms with van der Waals surface area (Å²) in [7, 11) is 2.18. The van der Waals surface area contributed by atoms with Gasteiger partial charge in [-0.25, -0.2) is 4.68 Å². The zero-order valence-electron chi connectivity index (χ0n) is 20.8. The third kappa shape index (κ3) is 5.06. The van der Waals surface area contributed by atoms with E-state index in [9.17, 15) is 4.79 Å². The number of nitrogens with zero attached hydrogens (tertiary/aromatic N) is 4. The van der Waals surface area contributed by atoms with Crippen molar-refractivity contribution in [3.05, 3.63) is 17.5 Å². The summed E-state index contributed by atoms with van der Waals surface area (Å²) in [6.07, 6.45) is 12.1. The van der Waals surface area contributed by atoms with Crippen LogP contribution in [0.2, 0.25) is 0 Å². The van der Waals surface area contributed by atoms with E-state index in [1.165, 1.54) is 17.7 Å². The maximum absolute atomic E-state index is 13.3. The third-order valence-electron chi connectivity index (χ3n) is 8.18. The van der Waals surface area contributed by atoms with Gasteiger partial charge in [0.2, 0.25) is 5.91 Å². The highest BCUT2D eigenvalue weighted by atomic mass is 16.5. The number of hydrogen-bond donors (Lipinski definition) is 0. The van der Waals surface area contributed by atoms with Crippen LogP contribution in [0.1, 0.15) is 102 Å². The molecule has 0 bridgehead atoms. The smallest absolute Gasteiger partial charge is 0.228 e. The van der Waals surface area contributed by atoms with E-state index in [2.05, 4.69) is 48.5 Å². The molecule has 1 aromatic rings. The van der Waals surface area contributed by atoms with Gasteiger partial charge in [0.25, 0.3) is 0 Å². The Labute approximate surface area is 194 Å². The van der Waals surface area contributed by atoms with Crippen LogP contribution in [-0.2, 0) is 16.1 Å². The van der Waals surface area contributed by atoms with Crippen molar-refractivity contribution in [1.29, 1.82) is 0 Å². The van der Waals surface area contributed by atoms with Gasteiger partial charge in [-0.1, -0.05) is 20.8 Å². The first kappa shape index (κ1) is 23.7. The molecule has 0 radical (unpaired) electrons. The first-order valence-electron chi connectivity index (χ1n) is 13.1. The molecular formula is C26H44N4O2. The SMILES string of the molecule is CCN(C)Cc1cn(C2CCCCO2)nc1C1CCC2(CC1)CCN(CCC(C)C)C2=O. The number of carbonyl (C=O) groups is 1. The summed E-state index contributed by atoms with van der Waals surface area (Å²) in [6, 6.07) is 0. The minimum Gasteiger partial charge on any atom is -0.357 e. The average molecular weight is 445 g/mol. The largest absolute Gasteiger partial charge is 0.357 e. The minimum atomic E-state index is -0.0943. The second kappa shape index (κ2) is 10.3. The highest BCUT2D eigenvalue weighted by Crippen LogP contribution is 2.49. The number of hydrogen-bond acceptors (Lipinski definition) is 4. The first-order chi connectivity index (χ1) is 15.4. The molecule has 3 aliphatic rings. The monoisotopic (exact) mass is 444 g/mol. The quantitative estimate of drug-likeness (QED) is 0.569. The van der Waals surface area contributed by atoms with Crippen molar-refractivity contribution in [3.63, 3.8) is 0 Å². The lowest BCUT2D eigenvalue weighted by Crippen LogP contribution is -2.38. The molecule has 2 saturated heterocycles. The Morgan fingerprint density at radius 3 is 2.66 bits per heavy atom. The van der Waals surface area contributed by atoms with Crippen molar-refractivity contribution < 1.29 is 9.53 Å². The van der Waals surface area contributed by atoms with Crippen LogP contribution in [0, 0.1) is 11.3 Å². The fraction of sp³-hybridized carbons (Fsp3) is 0.846. The Morgan fingerprint density at radius 1 is 1.22 bits per heavy atom. The summed E-state index contributed by atoms with van der Waals surface area (Å²) in [6.45, 7) is 11.4. The maximum Gasteiger partial charge on any atom is 0.228 e. The lowest BCUT2D eigenvalue weighted by Gasteiger charge is -2.35. The van der Waals surface area contributed by atoms with Crippen molar-refractivity contribution in [2.45, 2.75) is 97.2 Å². The van der Waals surface area contributed by atoms with E-state index in [1.807, 2.05) is 0 Å². The molecule has 1 aromatic heterocycles. The third-order valence-corrected chi connectivity index (χ3v) is 8.18. The second-order valence-electron chi connectivity index (χ2n) is 11.0. The molecule has 4 rings (SSSR count). The molecule has 1 spiro atoms. The van der Waals surface area contributed by atoms with Crippen molar-refractivity contribution in [2.24, 2.45) is 11.3 Å². The molecule has 6 heteroatoms. The fourth-order valence-corrected chi connectivity index (χ4v) is 5.82. The van der Waals surface area contributed by atoms with Crippen molar-refractivity contribution >= 4 is 5.91 Å². The van der Waals surface area contributed by atoms with Crippen LogP contribution in [-0.4, -0.2) is 58.8 Å². The molecule has 3 fully saturated rings. The summed E-state index contributed by atoms with van der Waals surface area (Å²) in [5, 5.41) is 5.11. The standard InChI is InChI=1S/C26H44N4O2/c1-5-28(4)18-22-19-30(23-8-6-7-17-32-23)27-24(22)21-9-12-26(13-10-21)14-16-29(25(26)31)15-11-20(2)3/h19-21,23H,5-18H2,1-4H3. The highest BCUT2D eigenvalue weighted by Gasteiger charge is 2.48. The number of aromatic nitrogens is 2. The maximum atomic E-state index is 13.3. The van der Waals surface area contributed by atoms with E-state index in [0.717, 1.165) is 84.2 Å². The van der Waals surface area contributed by atoms with E-state index < -0.39 is 0 Å². The predicted octanol–water partition coefficient (Wildman–Crippen LogP) is 4.96. The molecule has 1 amide bonds. The van der Waals surface area contributed by atoms with Crippen LogP contribution in [0.4, 0.5) is 0 Å². The molecule has 180 valence electrons. The predicted molar refractivity (Wildman–Crippen MR) is 127 cm³/mol. The van der Waals surface area contributed by atoms with E-state index in [1.54, 1.807) is 0 Å². The van der Waals surface area contributed by atoms with E-state index in [4.69, 9.17) is 9.84 Å². The van der Waals surface area contributed by atoms with Gasteiger partial charge in [0.15, 0.2) is 0 Å². The number of carbonyl (C=O) groups excluding carboxylic acids is 1. The number of rotatable bonds is 8. The van der Waals surface area contributed by atoms with Crippen molar-refractivity contribution in [1.82, 2.24) is 19.6 Å². The molecule has 32 heavy (non-hydrogen) atoms. The topological polar surface area (TPSA) is 50.6 Å². The van der Waals surface area contributed by atoms with Crippen molar-refractivity contribution in [2.75, 3.05) is 33.3 Å². The van der Waals surface area contributed by atoms with E-state index in [0.29, 0.717) is 17.7 Å². The van der Waals surface area contributed by atoms with Gasteiger partial charge in [0, 0.05) is 43.9 Å². The molecule has 1 saturated carbocycles. The molecule has 1 aliphatic carbocycles. The van der Waals surface area contributed by atoms with Gasteiger partial charge in [-0.15, -0.1) is 0 Å². The molecule has 0 aromatic carbocycles. The minimum absolute atomic E-state index is 0.0871. The van der Waals surface area contributed by atoms with Gasteiger partial charge in [-0.2, -0.15) is 5.10 Å². The normalized spacial score (nSPS) is 29.1. The molecule has 1 atom stereocenters. The van der Waals surface area contributed by atoms with Crippen molar-refractivity contribution in [3.8, 4) is 0 Å². The number of amides is 1. The van der Waals surface area contributed by atoms with E-state index >= 15 is 0 Å². The van der Waals surface area contributed by atoms with Crippen LogP contribution >= 0.6 is 0 Å². The summed E-state index contributed by atoms with van der Waals surface area (Å²) in [5.74, 6) is 1.55.